The van der Waals surface area contributed by atoms with Crippen molar-refractivity contribution in [1.29, 1.82) is 5.26 Å². The van der Waals surface area contributed by atoms with E-state index in [0.717, 1.165) is 132 Å². The number of aryl methyl sites for hydroxylation is 2. The zero-order chi connectivity index (χ0) is 54.5. The van der Waals surface area contributed by atoms with Crippen molar-refractivity contribution >= 4 is 143 Å². The Morgan fingerprint density at radius 1 is 0.350 bits per heavy atom. The maximum Gasteiger partial charge on any atom is 0.159 e. The second kappa shape index (κ2) is 17.1. The van der Waals surface area contributed by atoms with Crippen molar-refractivity contribution in [3.63, 3.8) is 0 Å². The van der Waals surface area contributed by atoms with Crippen LogP contribution in [0.5, 0.6) is 0 Å². The van der Waals surface area contributed by atoms with Crippen LogP contribution in [0, 0.1) is 25.2 Å². The number of fused-ring (bicyclic) bond motifs is 14. The molecule has 0 aliphatic heterocycles. The van der Waals surface area contributed by atoms with Gasteiger partial charge in [0, 0.05) is 77.0 Å². The summed E-state index contributed by atoms with van der Waals surface area (Å²) in [6.07, 6.45) is 0. The maximum absolute atomic E-state index is 11.1. The first-order valence-electron chi connectivity index (χ1n) is 27.4. The molecule has 0 atom stereocenters. The van der Waals surface area contributed by atoms with Gasteiger partial charge in [0.25, 0.3) is 0 Å². The lowest BCUT2D eigenvalue weighted by Crippen LogP contribution is -2.11. The topological polar surface area (TPSA) is 82.8 Å². The van der Waals surface area contributed by atoms with E-state index in [0.29, 0.717) is 27.9 Å². The molecule has 0 aliphatic carbocycles. The standard InChI is InChI=1S/C73H55N3O4/c1-41-17-9-11-25-59(41)75(61-27-15-21-51-49-19-13-23-57(72(3,4)5)68(49)79-70(51)61)47-31-29-43-35-53-54-39-65-66(56(40-74)67(54)78-63(53)37-45(43)33-47)55-36-44-30-32-48(34-46(44)38-64(55)77-65)76(60-26-12-10-18-42(60)2)62-28-16-22-52-50-20-14-24-58(73(6,7)8)69(50)80-71(52)62/h9-39H,1-8H3. The highest BCUT2D eigenvalue weighted by molar-refractivity contribution is 6.22. The van der Waals surface area contributed by atoms with Gasteiger partial charge in [0.15, 0.2) is 16.7 Å². The molecule has 7 nitrogen and oxygen atoms in total. The molecule has 7 heteroatoms. The molecular weight excluding hydrogens is 983 g/mol. The fourth-order valence-corrected chi connectivity index (χ4v) is 12.6. The van der Waals surface area contributed by atoms with Crippen molar-refractivity contribution in [2.75, 3.05) is 9.80 Å². The summed E-state index contributed by atoms with van der Waals surface area (Å²) in [7, 11) is 0. The second-order valence-electron chi connectivity index (χ2n) is 23.7. The van der Waals surface area contributed by atoms with Crippen LogP contribution >= 0.6 is 0 Å². The normalized spacial score (nSPS) is 12.5. The molecule has 0 N–H and O–H groups in total. The Labute approximate surface area is 462 Å². The van der Waals surface area contributed by atoms with E-state index >= 15 is 0 Å². The molecule has 15 aromatic rings. The molecule has 80 heavy (non-hydrogen) atoms. The van der Waals surface area contributed by atoms with Gasteiger partial charge in [0.1, 0.15) is 39.5 Å². The first kappa shape index (κ1) is 47.4. The fourth-order valence-electron chi connectivity index (χ4n) is 12.6. The van der Waals surface area contributed by atoms with Crippen LogP contribution < -0.4 is 9.80 Å². The number of hydrogen-bond acceptors (Lipinski definition) is 7. The Kier molecular flexibility index (Phi) is 10.1. The Bertz CT molecular complexity index is 4960. The molecule has 0 aliphatic rings. The molecule has 0 spiro atoms. The van der Waals surface area contributed by atoms with Crippen molar-refractivity contribution in [3.05, 3.63) is 216 Å². The van der Waals surface area contributed by atoms with Crippen molar-refractivity contribution < 1.29 is 17.7 Å². The number of nitrogens with zero attached hydrogens (tertiary/aromatic N) is 3. The van der Waals surface area contributed by atoms with Gasteiger partial charge >= 0.3 is 0 Å². The van der Waals surface area contributed by atoms with E-state index < -0.39 is 0 Å². The summed E-state index contributed by atoms with van der Waals surface area (Å²) in [5, 5.41) is 22.9. The van der Waals surface area contributed by atoms with Gasteiger partial charge in [-0.2, -0.15) is 5.26 Å². The molecule has 0 bridgehead atoms. The first-order valence-corrected chi connectivity index (χ1v) is 27.4. The fraction of sp³-hybridized carbons (Fsp3) is 0.137. The van der Waals surface area contributed by atoms with Gasteiger partial charge in [-0.05, 0) is 136 Å². The second-order valence-corrected chi connectivity index (χ2v) is 23.7. The van der Waals surface area contributed by atoms with Crippen LogP contribution in [0.15, 0.2) is 206 Å². The highest BCUT2D eigenvalue weighted by Gasteiger charge is 2.28. The van der Waals surface area contributed by atoms with Crippen molar-refractivity contribution in [2.45, 2.75) is 66.2 Å². The van der Waals surface area contributed by atoms with E-state index in [4.69, 9.17) is 17.7 Å². The molecule has 0 amide bonds. The predicted molar refractivity (Wildman–Crippen MR) is 332 cm³/mol. The third-order valence-electron chi connectivity index (χ3n) is 16.5. The van der Waals surface area contributed by atoms with E-state index in [9.17, 15) is 5.26 Å². The Balaban J connectivity index is 0.856. The van der Waals surface area contributed by atoms with E-state index in [2.05, 4.69) is 253 Å². The number of benzene rings is 11. The van der Waals surface area contributed by atoms with Gasteiger partial charge in [-0.3, -0.25) is 0 Å². The van der Waals surface area contributed by atoms with Crippen molar-refractivity contribution in [3.8, 4) is 6.07 Å². The number of anilines is 6. The zero-order valence-electron chi connectivity index (χ0n) is 45.9. The van der Waals surface area contributed by atoms with Crippen LogP contribution in [-0.4, -0.2) is 0 Å². The van der Waals surface area contributed by atoms with Crippen LogP contribution in [0.3, 0.4) is 0 Å². The number of furan rings is 4. The van der Waals surface area contributed by atoms with Gasteiger partial charge in [0.05, 0.1) is 11.4 Å². The van der Waals surface area contributed by atoms with Crippen LogP contribution in [0.4, 0.5) is 34.1 Å². The number of hydrogen-bond donors (Lipinski definition) is 0. The summed E-state index contributed by atoms with van der Waals surface area (Å²) in [5.74, 6) is 0. The highest BCUT2D eigenvalue weighted by atomic mass is 16.3. The first-order chi connectivity index (χ1) is 38.7. The Hall–Kier alpha value is -9.77. The van der Waals surface area contributed by atoms with Crippen LogP contribution in [0.2, 0.25) is 0 Å². The molecule has 0 fully saturated rings. The molecule has 4 heterocycles. The molecule has 15 rings (SSSR count). The van der Waals surface area contributed by atoms with Gasteiger partial charge < -0.3 is 27.5 Å². The lowest BCUT2D eigenvalue weighted by Gasteiger charge is -2.27. The quantitative estimate of drug-likeness (QED) is 0.164. The third-order valence-corrected chi connectivity index (χ3v) is 16.5. The lowest BCUT2D eigenvalue weighted by atomic mass is 9.86. The minimum atomic E-state index is -0.103. The summed E-state index contributed by atoms with van der Waals surface area (Å²) in [6.45, 7) is 17.7. The van der Waals surface area contributed by atoms with E-state index in [1.165, 1.54) is 11.1 Å². The van der Waals surface area contributed by atoms with Gasteiger partial charge in [0.2, 0.25) is 0 Å². The van der Waals surface area contributed by atoms with Crippen LogP contribution in [-0.2, 0) is 10.8 Å². The lowest BCUT2D eigenvalue weighted by molar-refractivity contribution is 0.572. The van der Waals surface area contributed by atoms with E-state index in [1.807, 2.05) is 6.07 Å². The average molecular weight is 1040 g/mol. The third kappa shape index (κ3) is 7.11. The largest absolute Gasteiger partial charge is 0.456 e. The van der Waals surface area contributed by atoms with Gasteiger partial charge in [-0.15, -0.1) is 0 Å². The summed E-state index contributed by atoms with van der Waals surface area (Å²) >= 11 is 0. The zero-order valence-corrected chi connectivity index (χ0v) is 45.9. The molecule has 0 unspecified atom stereocenters. The van der Waals surface area contributed by atoms with Crippen LogP contribution in [0.25, 0.3) is 109 Å². The number of rotatable bonds is 6. The number of para-hydroxylation sites is 6. The summed E-state index contributed by atoms with van der Waals surface area (Å²) < 4.78 is 27.5. The summed E-state index contributed by atoms with van der Waals surface area (Å²) in [5.41, 5.74) is 16.9. The molecule has 0 saturated carbocycles. The predicted octanol–water partition coefficient (Wildman–Crippen LogP) is 21.6. The Morgan fingerprint density at radius 3 is 1.29 bits per heavy atom. The smallest absolute Gasteiger partial charge is 0.159 e. The van der Waals surface area contributed by atoms with Gasteiger partial charge in [-0.1, -0.05) is 151 Å². The molecule has 0 saturated heterocycles. The van der Waals surface area contributed by atoms with E-state index in [1.54, 1.807) is 0 Å². The van der Waals surface area contributed by atoms with E-state index in [-0.39, 0.29) is 10.8 Å². The maximum atomic E-state index is 11.1. The Morgan fingerprint density at radius 2 is 0.800 bits per heavy atom. The molecule has 11 aromatic carbocycles. The summed E-state index contributed by atoms with van der Waals surface area (Å²) in [4.78, 5) is 4.61. The minimum Gasteiger partial charge on any atom is -0.456 e. The summed E-state index contributed by atoms with van der Waals surface area (Å²) in [6, 6.07) is 69.1. The monoisotopic (exact) mass is 1040 g/mol. The SMILES string of the molecule is Cc1ccccc1N(c1ccc2cc3c(cc2c1)oc1c(C#N)c2c(cc13)oc1cc3cc(N(c4ccccc4C)c4cccc5c4oc4c(C(C)(C)C)cccc45)ccc3cc12)c1cccc2c1oc1c(C(C)(C)C)cccc12. The molecule has 386 valence electrons. The van der Waals surface area contributed by atoms with Crippen molar-refractivity contribution in [2.24, 2.45) is 0 Å². The van der Waals surface area contributed by atoms with Crippen LogP contribution in [0.1, 0.15) is 69.4 Å². The van der Waals surface area contributed by atoms with Crippen molar-refractivity contribution in [1.82, 2.24) is 0 Å². The average Bonchev–Trinajstić information content (AvgIpc) is 4.24. The molecule has 4 aromatic heterocycles. The number of nitriles is 1. The minimum absolute atomic E-state index is 0.103. The highest BCUT2D eigenvalue weighted by Crippen LogP contribution is 2.49. The van der Waals surface area contributed by atoms with Gasteiger partial charge in [-0.25, -0.2) is 0 Å². The molecule has 0 radical (unpaired) electrons. The molecular formula is C73H55N3O4.